The van der Waals surface area contributed by atoms with Gasteiger partial charge in [-0.2, -0.15) is 13.2 Å². The Bertz CT molecular complexity index is 296. The number of nitrogens with zero attached hydrogens (tertiary/aromatic N) is 2. The fourth-order valence-electron chi connectivity index (χ4n) is 1.74. The van der Waals surface area contributed by atoms with Crippen LogP contribution in [0.2, 0.25) is 0 Å². The molecule has 134 valence electrons. The van der Waals surface area contributed by atoms with Gasteiger partial charge in [0.1, 0.15) is 0 Å². The average Bonchev–Trinajstić information content (AvgIpc) is 2.31. The van der Waals surface area contributed by atoms with Crippen LogP contribution >= 0.6 is 24.0 Å². The van der Waals surface area contributed by atoms with Crippen LogP contribution in [0.5, 0.6) is 0 Å². The molecule has 0 rings (SSSR count). The van der Waals surface area contributed by atoms with Crippen LogP contribution < -0.4 is 10.6 Å². The summed E-state index contributed by atoms with van der Waals surface area (Å²) in [6, 6.07) is 0. The van der Waals surface area contributed by atoms with Crippen molar-refractivity contribution in [3.63, 3.8) is 0 Å². The first-order valence-electron chi connectivity index (χ1n) is 7.52. The van der Waals surface area contributed by atoms with Gasteiger partial charge in [-0.1, -0.05) is 13.8 Å². The molecule has 0 saturated heterocycles. The molecule has 0 fully saturated rings. The van der Waals surface area contributed by atoms with E-state index in [4.69, 9.17) is 0 Å². The topological polar surface area (TPSA) is 39.7 Å². The molecule has 0 spiro atoms. The molecule has 0 aliphatic rings. The van der Waals surface area contributed by atoms with Crippen LogP contribution in [0.4, 0.5) is 13.2 Å². The van der Waals surface area contributed by atoms with Crippen molar-refractivity contribution in [2.75, 3.05) is 39.8 Å². The zero-order chi connectivity index (χ0) is 16.3. The first-order chi connectivity index (χ1) is 9.74. The number of halogens is 4. The van der Waals surface area contributed by atoms with Crippen molar-refractivity contribution in [3.05, 3.63) is 0 Å². The Morgan fingerprint density at radius 3 is 2.36 bits per heavy atom. The van der Waals surface area contributed by atoms with Crippen molar-refractivity contribution >= 4 is 29.9 Å². The van der Waals surface area contributed by atoms with Gasteiger partial charge in [0, 0.05) is 19.6 Å². The zero-order valence-electron chi connectivity index (χ0n) is 14.0. The summed E-state index contributed by atoms with van der Waals surface area (Å²) in [6.45, 7) is 7.93. The lowest BCUT2D eigenvalue weighted by Crippen LogP contribution is -2.38. The molecule has 0 aromatic heterocycles. The number of nitrogens with one attached hydrogen (secondary N) is 2. The lowest BCUT2D eigenvalue weighted by molar-refractivity contribution is -0.143. The second kappa shape index (κ2) is 13.2. The highest BCUT2D eigenvalue weighted by Crippen LogP contribution is 2.15. The first kappa shape index (κ1) is 24.0. The summed E-state index contributed by atoms with van der Waals surface area (Å²) in [5, 5.41) is 6.35. The molecule has 0 aromatic carbocycles. The zero-order valence-corrected chi connectivity index (χ0v) is 16.3. The largest absolute Gasteiger partial charge is 0.401 e. The lowest BCUT2D eigenvalue weighted by Gasteiger charge is -2.18. The second-order valence-electron chi connectivity index (χ2n) is 5.58. The minimum atomic E-state index is -4.13. The number of aliphatic imine (C=N–C) groups is 1. The van der Waals surface area contributed by atoms with E-state index in [2.05, 4.69) is 29.5 Å². The van der Waals surface area contributed by atoms with Gasteiger partial charge in [0.15, 0.2) is 5.96 Å². The monoisotopic (exact) mass is 438 g/mol. The highest BCUT2D eigenvalue weighted by molar-refractivity contribution is 14.0. The van der Waals surface area contributed by atoms with E-state index >= 15 is 0 Å². The van der Waals surface area contributed by atoms with Crippen LogP contribution in [0.1, 0.15) is 33.6 Å². The maximum absolute atomic E-state index is 12.2. The molecular weight excluding hydrogens is 408 g/mol. The maximum Gasteiger partial charge on any atom is 0.401 e. The van der Waals surface area contributed by atoms with Crippen molar-refractivity contribution in [2.24, 2.45) is 10.9 Å². The summed E-state index contributed by atoms with van der Waals surface area (Å²) in [5.41, 5.74) is 0. The van der Waals surface area contributed by atoms with Crippen molar-refractivity contribution < 1.29 is 13.2 Å². The van der Waals surface area contributed by atoms with Gasteiger partial charge in [-0.05, 0) is 39.3 Å². The molecule has 22 heavy (non-hydrogen) atoms. The lowest BCUT2D eigenvalue weighted by atomic mass is 10.1. The van der Waals surface area contributed by atoms with Gasteiger partial charge in [-0.3, -0.25) is 9.89 Å². The SMILES string of the molecule is CCNC(=NCCCN(C)CC(F)(F)F)NCCC(C)C.I. The van der Waals surface area contributed by atoms with Gasteiger partial charge in [-0.15, -0.1) is 24.0 Å². The predicted molar refractivity (Wildman–Crippen MR) is 97.0 cm³/mol. The number of rotatable bonds is 9. The summed E-state index contributed by atoms with van der Waals surface area (Å²) in [5.74, 6) is 1.35. The molecule has 0 unspecified atom stereocenters. The number of guanidine groups is 1. The number of hydrogen-bond acceptors (Lipinski definition) is 2. The van der Waals surface area contributed by atoms with E-state index in [1.54, 1.807) is 0 Å². The van der Waals surface area contributed by atoms with Crippen molar-refractivity contribution in [1.29, 1.82) is 0 Å². The standard InChI is InChI=1S/C14H29F3N4.HI/c1-5-18-13(20-9-7-12(2)3)19-8-6-10-21(4)11-14(15,16)17;/h12H,5-11H2,1-4H3,(H2,18,19,20);1H. The van der Waals surface area contributed by atoms with E-state index in [-0.39, 0.29) is 24.0 Å². The normalized spacial score (nSPS) is 12.5. The Morgan fingerprint density at radius 1 is 1.23 bits per heavy atom. The molecule has 8 heteroatoms. The minimum absolute atomic E-state index is 0. The average molecular weight is 438 g/mol. The van der Waals surface area contributed by atoms with Crippen molar-refractivity contribution in [3.8, 4) is 0 Å². The Hall–Kier alpha value is -0.250. The van der Waals surface area contributed by atoms with E-state index < -0.39 is 12.7 Å². The van der Waals surface area contributed by atoms with Crippen LogP contribution in [0.3, 0.4) is 0 Å². The second-order valence-corrected chi connectivity index (χ2v) is 5.58. The van der Waals surface area contributed by atoms with Gasteiger partial charge in [-0.25, -0.2) is 0 Å². The maximum atomic E-state index is 12.2. The van der Waals surface area contributed by atoms with Gasteiger partial charge in [0.25, 0.3) is 0 Å². The Kier molecular flexibility index (Phi) is 14.4. The Labute approximate surface area is 149 Å². The summed E-state index contributed by atoms with van der Waals surface area (Å²) >= 11 is 0. The predicted octanol–water partition coefficient (Wildman–Crippen LogP) is 3.09. The van der Waals surface area contributed by atoms with Gasteiger partial charge in [0.2, 0.25) is 0 Å². The van der Waals surface area contributed by atoms with E-state index in [0.717, 1.165) is 25.5 Å². The molecule has 0 aliphatic carbocycles. The summed E-state index contributed by atoms with van der Waals surface area (Å²) in [7, 11) is 1.48. The van der Waals surface area contributed by atoms with Crippen LogP contribution in [0.25, 0.3) is 0 Å². The molecule has 0 atom stereocenters. The number of hydrogen-bond donors (Lipinski definition) is 2. The fraction of sp³-hybridized carbons (Fsp3) is 0.929. The molecule has 0 amide bonds. The van der Waals surface area contributed by atoms with Crippen LogP contribution in [0.15, 0.2) is 4.99 Å². The Morgan fingerprint density at radius 2 is 1.86 bits per heavy atom. The van der Waals surface area contributed by atoms with Crippen LogP contribution in [-0.4, -0.2) is 56.8 Å². The van der Waals surface area contributed by atoms with E-state index in [0.29, 0.717) is 25.4 Å². The van der Waals surface area contributed by atoms with Crippen molar-refractivity contribution in [2.45, 2.75) is 39.8 Å². The highest BCUT2D eigenvalue weighted by atomic mass is 127. The summed E-state index contributed by atoms with van der Waals surface area (Å²) in [6.07, 6.45) is -2.47. The highest BCUT2D eigenvalue weighted by Gasteiger charge is 2.28. The molecule has 0 radical (unpaired) electrons. The Balaban J connectivity index is 0. The van der Waals surface area contributed by atoms with E-state index in [1.165, 1.54) is 11.9 Å². The molecule has 0 heterocycles. The molecule has 0 aliphatic heterocycles. The van der Waals surface area contributed by atoms with E-state index in [1.807, 2.05) is 6.92 Å². The van der Waals surface area contributed by atoms with Crippen LogP contribution in [-0.2, 0) is 0 Å². The van der Waals surface area contributed by atoms with Gasteiger partial charge in [0.05, 0.1) is 6.54 Å². The van der Waals surface area contributed by atoms with Gasteiger partial charge < -0.3 is 10.6 Å². The molecule has 0 bridgehead atoms. The van der Waals surface area contributed by atoms with Crippen LogP contribution in [0, 0.1) is 5.92 Å². The summed E-state index contributed by atoms with van der Waals surface area (Å²) in [4.78, 5) is 5.64. The van der Waals surface area contributed by atoms with E-state index in [9.17, 15) is 13.2 Å². The fourth-order valence-corrected chi connectivity index (χ4v) is 1.74. The first-order valence-corrected chi connectivity index (χ1v) is 7.52. The summed E-state index contributed by atoms with van der Waals surface area (Å²) < 4.78 is 36.5. The third-order valence-electron chi connectivity index (χ3n) is 2.78. The quantitative estimate of drug-likeness (QED) is 0.252. The minimum Gasteiger partial charge on any atom is -0.357 e. The molecule has 4 nitrogen and oxygen atoms in total. The van der Waals surface area contributed by atoms with Crippen molar-refractivity contribution in [1.82, 2.24) is 15.5 Å². The molecule has 0 saturated carbocycles. The molecular formula is C14H30F3IN4. The molecule has 0 aromatic rings. The third kappa shape index (κ3) is 16.1. The smallest absolute Gasteiger partial charge is 0.357 e. The number of alkyl halides is 3. The molecule has 2 N–H and O–H groups in total. The third-order valence-corrected chi connectivity index (χ3v) is 2.78. The van der Waals surface area contributed by atoms with Gasteiger partial charge >= 0.3 is 6.18 Å².